The van der Waals surface area contributed by atoms with Crippen molar-refractivity contribution < 1.29 is 5.11 Å². The smallest absolute Gasteiger partial charge is 0.0695 e. The van der Waals surface area contributed by atoms with Crippen molar-refractivity contribution in [2.24, 2.45) is 0 Å². The van der Waals surface area contributed by atoms with Gasteiger partial charge in [0.05, 0.1) is 6.10 Å². The third-order valence-electron chi connectivity index (χ3n) is 1.61. The van der Waals surface area contributed by atoms with Gasteiger partial charge in [-0.15, -0.1) is 0 Å². The van der Waals surface area contributed by atoms with Gasteiger partial charge in [-0.05, 0) is 19.8 Å². The van der Waals surface area contributed by atoms with Gasteiger partial charge < -0.3 is 5.11 Å². The van der Waals surface area contributed by atoms with Gasteiger partial charge in [0.1, 0.15) is 0 Å². The predicted octanol–water partition coefficient (Wildman–Crippen LogP) is 3.06. The minimum absolute atomic E-state index is 0.328. The van der Waals surface area contributed by atoms with Crippen LogP contribution in [0.1, 0.15) is 39.5 Å². The Morgan fingerprint density at radius 3 is 2.58 bits per heavy atom. The quantitative estimate of drug-likeness (QED) is 0.477. The van der Waals surface area contributed by atoms with Crippen LogP contribution < -0.4 is 0 Å². The van der Waals surface area contributed by atoms with E-state index >= 15 is 0 Å². The molecule has 0 amide bonds. The van der Waals surface area contributed by atoms with Crippen molar-refractivity contribution >= 4 is 0 Å². The van der Waals surface area contributed by atoms with E-state index in [1.807, 2.05) is 12.2 Å². The molecule has 0 aliphatic carbocycles. The molecule has 1 N–H and O–H groups in total. The Morgan fingerprint density at radius 2 is 2.00 bits per heavy atom. The number of aliphatic hydroxyl groups is 1. The van der Waals surface area contributed by atoms with Crippen LogP contribution in [0.5, 0.6) is 0 Å². The Kier molecular flexibility index (Phi) is 8.14. The molecular formula is C11H20O. The lowest BCUT2D eigenvalue weighted by molar-refractivity contribution is 0.244. The van der Waals surface area contributed by atoms with Gasteiger partial charge in [-0.1, -0.05) is 44.1 Å². The fourth-order valence-corrected chi connectivity index (χ4v) is 0.912. The highest BCUT2D eigenvalue weighted by atomic mass is 16.3. The average Bonchev–Trinajstić information content (AvgIpc) is 2.02. The topological polar surface area (TPSA) is 20.2 Å². The van der Waals surface area contributed by atoms with E-state index in [9.17, 15) is 0 Å². The summed E-state index contributed by atoms with van der Waals surface area (Å²) in [6.07, 6.45) is 12.5. The third-order valence-corrected chi connectivity index (χ3v) is 1.61. The summed E-state index contributed by atoms with van der Waals surface area (Å²) in [5.74, 6) is 0. The van der Waals surface area contributed by atoms with Crippen LogP contribution in [-0.4, -0.2) is 11.2 Å². The summed E-state index contributed by atoms with van der Waals surface area (Å²) in [4.78, 5) is 0. The van der Waals surface area contributed by atoms with Crippen molar-refractivity contribution in [3.05, 3.63) is 24.3 Å². The van der Waals surface area contributed by atoms with E-state index in [0.29, 0.717) is 0 Å². The minimum atomic E-state index is -0.328. The molecule has 70 valence electrons. The van der Waals surface area contributed by atoms with E-state index in [1.54, 1.807) is 13.0 Å². The zero-order valence-corrected chi connectivity index (χ0v) is 8.16. The van der Waals surface area contributed by atoms with E-state index in [0.717, 1.165) is 6.42 Å². The highest BCUT2D eigenvalue weighted by Gasteiger charge is 1.82. The molecule has 0 aromatic heterocycles. The Morgan fingerprint density at radius 1 is 1.25 bits per heavy atom. The number of hydrogen-bond donors (Lipinski definition) is 1. The number of rotatable bonds is 6. The summed E-state index contributed by atoms with van der Waals surface area (Å²) in [5.41, 5.74) is 0. The number of allylic oxidation sites excluding steroid dienone is 3. The summed E-state index contributed by atoms with van der Waals surface area (Å²) < 4.78 is 0. The zero-order valence-electron chi connectivity index (χ0n) is 8.16. The van der Waals surface area contributed by atoms with Gasteiger partial charge in [0.15, 0.2) is 0 Å². The molecule has 0 spiro atoms. The second-order valence-corrected chi connectivity index (χ2v) is 3.05. The van der Waals surface area contributed by atoms with Gasteiger partial charge in [0.25, 0.3) is 0 Å². The van der Waals surface area contributed by atoms with Crippen molar-refractivity contribution in [2.75, 3.05) is 0 Å². The van der Waals surface area contributed by atoms with Crippen LogP contribution in [0.4, 0.5) is 0 Å². The van der Waals surface area contributed by atoms with Crippen LogP contribution in [0.3, 0.4) is 0 Å². The largest absolute Gasteiger partial charge is 0.389 e. The Labute approximate surface area is 75.8 Å². The predicted molar refractivity (Wildman–Crippen MR) is 54.1 cm³/mol. The Balaban J connectivity index is 3.25. The van der Waals surface area contributed by atoms with Crippen LogP contribution in [0, 0.1) is 0 Å². The molecule has 0 fully saturated rings. The maximum absolute atomic E-state index is 8.87. The normalized spacial score (nSPS) is 14.6. The van der Waals surface area contributed by atoms with E-state index < -0.39 is 0 Å². The monoisotopic (exact) mass is 168 g/mol. The van der Waals surface area contributed by atoms with Crippen LogP contribution in [0.2, 0.25) is 0 Å². The summed E-state index contributed by atoms with van der Waals surface area (Å²) in [6.45, 7) is 3.96. The molecule has 0 aliphatic rings. The van der Waals surface area contributed by atoms with Gasteiger partial charge in [0.2, 0.25) is 0 Å². The van der Waals surface area contributed by atoms with Crippen molar-refractivity contribution in [1.82, 2.24) is 0 Å². The summed E-state index contributed by atoms with van der Waals surface area (Å²) in [5, 5.41) is 8.87. The number of unbranched alkanes of at least 4 members (excludes halogenated alkanes) is 3. The summed E-state index contributed by atoms with van der Waals surface area (Å²) in [7, 11) is 0. The molecule has 0 bridgehead atoms. The molecule has 0 aliphatic heterocycles. The van der Waals surface area contributed by atoms with Crippen LogP contribution in [0.15, 0.2) is 24.3 Å². The maximum atomic E-state index is 8.87. The highest BCUT2D eigenvalue weighted by Crippen LogP contribution is 1.99. The average molecular weight is 168 g/mol. The Hall–Kier alpha value is -0.560. The number of hydrogen-bond acceptors (Lipinski definition) is 1. The first kappa shape index (κ1) is 11.4. The fraction of sp³-hybridized carbons (Fsp3) is 0.636. The molecule has 0 rings (SSSR count). The molecule has 1 unspecified atom stereocenters. The van der Waals surface area contributed by atoms with Gasteiger partial charge >= 0.3 is 0 Å². The van der Waals surface area contributed by atoms with Gasteiger partial charge in [-0.3, -0.25) is 0 Å². The van der Waals surface area contributed by atoms with Gasteiger partial charge in [0, 0.05) is 0 Å². The first-order valence-corrected chi connectivity index (χ1v) is 4.78. The fourth-order valence-electron chi connectivity index (χ4n) is 0.912. The molecule has 0 heterocycles. The van der Waals surface area contributed by atoms with E-state index in [2.05, 4.69) is 13.0 Å². The second-order valence-electron chi connectivity index (χ2n) is 3.05. The van der Waals surface area contributed by atoms with Crippen molar-refractivity contribution in [1.29, 1.82) is 0 Å². The lowest BCUT2D eigenvalue weighted by Gasteiger charge is -1.91. The molecule has 1 heteroatoms. The molecule has 0 saturated carbocycles. The van der Waals surface area contributed by atoms with Crippen LogP contribution in [-0.2, 0) is 0 Å². The summed E-state index contributed by atoms with van der Waals surface area (Å²) >= 11 is 0. The first-order chi connectivity index (χ1) is 5.77. The molecule has 12 heavy (non-hydrogen) atoms. The summed E-state index contributed by atoms with van der Waals surface area (Å²) in [6, 6.07) is 0. The standard InChI is InChI=1S/C11H20O/c1-3-4-5-6-7-8-9-10-11(2)12/h7-12H,3-6H2,1-2H3/b8-7-,10-9+. The molecule has 1 nitrogen and oxygen atoms in total. The van der Waals surface area contributed by atoms with Crippen molar-refractivity contribution in [3.63, 3.8) is 0 Å². The lowest BCUT2D eigenvalue weighted by atomic mass is 10.2. The SMILES string of the molecule is CCCCC/C=C\C=C\C(C)O. The minimum Gasteiger partial charge on any atom is -0.389 e. The number of aliphatic hydroxyl groups excluding tert-OH is 1. The lowest BCUT2D eigenvalue weighted by Crippen LogP contribution is -1.90. The second kappa shape index (κ2) is 8.54. The van der Waals surface area contributed by atoms with Gasteiger partial charge in [-0.25, -0.2) is 0 Å². The first-order valence-electron chi connectivity index (χ1n) is 4.78. The van der Waals surface area contributed by atoms with Crippen molar-refractivity contribution in [2.45, 2.75) is 45.6 Å². The van der Waals surface area contributed by atoms with Crippen LogP contribution >= 0.6 is 0 Å². The van der Waals surface area contributed by atoms with Crippen LogP contribution in [0.25, 0.3) is 0 Å². The third kappa shape index (κ3) is 9.44. The molecule has 0 aromatic carbocycles. The highest BCUT2D eigenvalue weighted by molar-refractivity contribution is 5.03. The Bertz CT molecular complexity index is 134. The van der Waals surface area contributed by atoms with Gasteiger partial charge in [-0.2, -0.15) is 0 Å². The van der Waals surface area contributed by atoms with E-state index in [-0.39, 0.29) is 6.10 Å². The molecule has 0 radical (unpaired) electrons. The molecule has 0 aromatic rings. The molecule has 1 atom stereocenters. The molecule has 0 saturated heterocycles. The molecular weight excluding hydrogens is 148 g/mol. The maximum Gasteiger partial charge on any atom is 0.0695 e. The zero-order chi connectivity index (χ0) is 9.23. The van der Waals surface area contributed by atoms with E-state index in [4.69, 9.17) is 5.11 Å². The van der Waals surface area contributed by atoms with E-state index in [1.165, 1.54) is 19.3 Å². The van der Waals surface area contributed by atoms with Crippen molar-refractivity contribution in [3.8, 4) is 0 Å².